The van der Waals surface area contributed by atoms with E-state index < -0.39 is 5.97 Å². The zero-order valence-electron chi connectivity index (χ0n) is 8.58. The SMILES string of the molecule is Cc1ccc(-n2cc(C(=O)O)cn2)c(O)c1. The molecule has 0 amide bonds. The van der Waals surface area contributed by atoms with Crippen LogP contribution in [-0.2, 0) is 0 Å². The second-order valence-corrected chi connectivity index (χ2v) is 3.47. The smallest absolute Gasteiger partial charge is 0.338 e. The number of carbonyl (C=O) groups is 1. The van der Waals surface area contributed by atoms with Gasteiger partial charge in [-0.2, -0.15) is 5.10 Å². The number of nitrogens with zero attached hydrogens (tertiary/aromatic N) is 2. The molecule has 1 aromatic carbocycles. The molecular weight excluding hydrogens is 208 g/mol. The van der Waals surface area contributed by atoms with E-state index in [1.54, 1.807) is 12.1 Å². The van der Waals surface area contributed by atoms with Crippen molar-refractivity contribution in [2.24, 2.45) is 0 Å². The maximum absolute atomic E-state index is 10.7. The van der Waals surface area contributed by atoms with E-state index in [0.717, 1.165) is 5.56 Å². The molecule has 0 radical (unpaired) electrons. The van der Waals surface area contributed by atoms with Crippen LogP contribution in [0.4, 0.5) is 0 Å². The van der Waals surface area contributed by atoms with Gasteiger partial charge in [0.1, 0.15) is 11.4 Å². The number of aromatic carboxylic acids is 1. The average molecular weight is 218 g/mol. The molecule has 5 heteroatoms. The summed E-state index contributed by atoms with van der Waals surface area (Å²) in [5.41, 5.74) is 1.46. The number of aryl methyl sites for hydroxylation is 1. The molecule has 2 rings (SSSR count). The van der Waals surface area contributed by atoms with E-state index in [2.05, 4.69) is 5.10 Å². The zero-order chi connectivity index (χ0) is 11.7. The van der Waals surface area contributed by atoms with Gasteiger partial charge in [0.15, 0.2) is 0 Å². The topological polar surface area (TPSA) is 75.4 Å². The van der Waals surface area contributed by atoms with Gasteiger partial charge < -0.3 is 10.2 Å². The highest BCUT2D eigenvalue weighted by molar-refractivity contribution is 5.87. The van der Waals surface area contributed by atoms with E-state index in [1.807, 2.05) is 13.0 Å². The summed E-state index contributed by atoms with van der Waals surface area (Å²) >= 11 is 0. The quantitative estimate of drug-likeness (QED) is 0.802. The minimum absolute atomic E-state index is 0.0695. The number of phenolic OH excluding ortho intramolecular Hbond substituents is 1. The molecule has 16 heavy (non-hydrogen) atoms. The number of hydrogen-bond acceptors (Lipinski definition) is 3. The number of aromatic nitrogens is 2. The molecule has 0 atom stereocenters. The summed E-state index contributed by atoms with van der Waals surface area (Å²) in [5, 5.41) is 22.3. The van der Waals surface area contributed by atoms with Crippen LogP contribution >= 0.6 is 0 Å². The van der Waals surface area contributed by atoms with E-state index in [0.29, 0.717) is 5.69 Å². The van der Waals surface area contributed by atoms with Gasteiger partial charge in [0.25, 0.3) is 0 Å². The van der Waals surface area contributed by atoms with Gasteiger partial charge in [-0.25, -0.2) is 9.48 Å². The predicted molar refractivity (Wildman–Crippen MR) is 56.9 cm³/mol. The molecule has 2 aromatic rings. The lowest BCUT2D eigenvalue weighted by atomic mass is 10.2. The van der Waals surface area contributed by atoms with Crippen molar-refractivity contribution in [3.05, 3.63) is 41.7 Å². The molecule has 0 aliphatic heterocycles. The number of rotatable bonds is 2. The van der Waals surface area contributed by atoms with Crippen molar-refractivity contribution in [1.29, 1.82) is 0 Å². The van der Waals surface area contributed by atoms with E-state index in [1.165, 1.54) is 17.1 Å². The zero-order valence-corrected chi connectivity index (χ0v) is 8.58. The molecule has 0 bridgehead atoms. The number of carboxylic acids is 1. The maximum Gasteiger partial charge on any atom is 0.338 e. The Morgan fingerprint density at radius 2 is 2.19 bits per heavy atom. The van der Waals surface area contributed by atoms with E-state index in [9.17, 15) is 9.90 Å². The summed E-state index contributed by atoms with van der Waals surface area (Å²) in [6.07, 6.45) is 2.59. The Hall–Kier alpha value is -2.30. The van der Waals surface area contributed by atoms with Gasteiger partial charge >= 0.3 is 5.97 Å². The third-order valence-electron chi connectivity index (χ3n) is 2.21. The van der Waals surface area contributed by atoms with E-state index in [-0.39, 0.29) is 11.3 Å². The van der Waals surface area contributed by atoms with Crippen LogP contribution < -0.4 is 0 Å². The fraction of sp³-hybridized carbons (Fsp3) is 0.0909. The van der Waals surface area contributed by atoms with Crippen molar-refractivity contribution in [3.63, 3.8) is 0 Å². The normalized spacial score (nSPS) is 10.3. The van der Waals surface area contributed by atoms with Gasteiger partial charge in [-0.1, -0.05) is 6.07 Å². The highest BCUT2D eigenvalue weighted by Crippen LogP contribution is 2.22. The molecule has 0 saturated carbocycles. The van der Waals surface area contributed by atoms with Gasteiger partial charge in [-0.3, -0.25) is 0 Å². The number of aromatic hydroxyl groups is 1. The van der Waals surface area contributed by atoms with Gasteiger partial charge in [0.2, 0.25) is 0 Å². The first-order valence-corrected chi connectivity index (χ1v) is 4.66. The molecule has 0 fully saturated rings. The molecule has 0 unspecified atom stereocenters. The summed E-state index contributed by atoms with van der Waals surface area (Å²) in [7, 11) is 0. The van der Waals surface area contributed by atoms with Gasteiger partial charge in [0.05, 0.1) is 11.8 Å². The Labute approximate surface area is 91.6 Å². The number of hydrogen-bond donors (Lipinski definition) is 2. The average Bonchev–Trinajstić information content (AvgIpc) is 2.66. The van der Waals surface area contributed by atoms with Crippen molar-refractivity contribution in [2.45, 2.75) is 6.92 Å². The van der Waals surface area contributed by atoms with Crippen molar-refractivity contribution >= 4 is 5.97 Å². The molecule has 5 nitrogen and oxygen atoms in total. The van der Waals surface area contributed by atoms with Crippen molar-refractivity contribution in [1.82, 2.24) is 9.78 Å². The van der Waals surface area contributed by atoms with Crippen LogP contribution in [-0.4, -0.2) is 26.0 Å². The highest BCUT2D eigenvalue weighted by Gasteiger charge is 2.09. The first kappa shape index (κ1) is 10.2. The molecule has 0 aliphatic carbocycles. The maximum atomic E-state index is 10.7. The predicted octanol–water partition coefficient (Wildman–Crippen LogP) is 1.58. The summed E-state index contributed by atoms with van der Waals surface area (Å²) in [4.78, 5) is 10.7. The lowest BCUT2D eigenvalue weighted by molar-refractivity contribution is 0.0697. The molecule has 0 spiro atoms. The van der Waals surface area contributed by atoms with Crippen LogP contribution in [0.15, 0.2) is 30.6 Å². The van der Waals surface area contributed by atoms with Crippen molar-refractivity contribution in [3.8, 4) is 11.4 Å². The van der Waals surface area contributed by atoms with E-state index >= 15 is 0 Å². The van der Waals surface area contributed by atoms with Crippen molar-refractivity contribution < 1.29 is 15.0 Å². The first-order chi connectivity index (χ1) is 7.58. The Balaban J connectivity index is 2.46. The first-order valence-electron chi connectivity index (χ1n) is 4.66. The Morgan fingerprint density at radius 3 is 2.75 bits per heavy atom. The molecule has 2 N–H and O–H groups in total. The minimum atomic E-state index is -1.04. The van der Waals surface area contributed by atoms with Crippen LogP contribution in [0.1, 0.15) is 15.9 Å². The molecule has 1 aromatic heterocycles. The van der Waals surface area contributed by atoms with E-state index in [4.69, 9.17) is 5.11 Å². The third-order valence-corrected chi connectivity index (χ3v) is 2.21. The standard InChI is InChI=1S/C11H10N2O3/c1-7-2-3-9(10(14)4-7)13-6-8(5-12-13)11(15)16/h2-6,14H,1H3,(H,15,16). The van der Waals surface area contributed by atoms with Gasteiger partial charge in [-0.15, -0.1) is 0 Å². The van der Waals surface area contributed by atoms with Gasteiger partial charge in [-0.05, 0) is 24.6 Å². The molecule has 1 heterocycles. The third kappa shape index (κ3) is 1.75. The van der Waals surface area contributed by atoms with Crippen LogP contribution in [0.25, 0.3) is 5.69 Å². The Morgan fingerprint density at radius 1 is 1.44 bits per heavy atom. The van der Waals surface area contributed by atoms with Crippen molar-refractivity contribution in [2.75, 3.05) is 0 Å². The summed E-state index contributed by atoms with van der Waals surface area (Å²) < 4.78 is 1.33. The Bertz CT molecular complexity index is 546. The molecule has 0 aliphatic rings. The second-order valence-electron chi connectivity index (χ2n) is 3.47. The summed E-state index contributed by atoms with van der Waals surface area (Å²) in [6, 6.07) is 5.10. The molecule has 0 saturated heterocycles. The molecular formula is C11H10N2O3. The number of carboxylic acid groups (broad SMARTS) is 1. The van der Waals surface area contributed by atoms with Crippen LogP contribution in [0.3, 0.4) is 0 Å². The van der Waals surface area contributed by atoms with Crippen LogP contribution in [0, 0.1) is 6.92 Å². The van der Waals surface area contributed by atoms with Crippen LogP contribution in [0.5, 0.6) is 5.75 Å². The molecule has 82 valence electrons. The second kappa shape index (κ2) is 3.69. The number of benzene rings is 1. The highest BCUT2D eigenvalue weighted by atomic mass is 16.4. The largest absolute Gasteiger partial charge is 0.506 e. The lowest BCUT2D eigenvalue weighted by Crippen LogP contribution is -1.96. The lowest BCUT2D eigenvalue weighted by Gasteiger charge is -2.04. The van der Waals surface area contributed by atoms with Gasteiger partial charge in [0, 0.05) is 6.20 Å². The van der Waals surface area contributed by atoms with Crippen LogP contribution in [0.2, 0.25) is 0 Å². The summed E-state index contributed by atoms with van der Waals surface area (Å²) in [6.45, 7) is 1.86. The Kier molecular flexibility index (Phi) is 2.36. The summed E-state index contributed by atoms with van der Waals surface area (Å²) in [5.74, 6) is -0.974. The minimum Gasteiger partial charge on any atom is -0.506 e. The number of phenols is 1. The fourth-order valence-corrected chi connectivity index (χ4v) is 1.39. The monoisotopic (exact) mass is 218 g/mol. The fourth-order valence-electron chi connectivity index (χ4n) is 1.39.